The fraction of sp³-hybridized carbons (Fsp3) is 0.600. The van der Waals surface area contributed by atoms with E-state index < -0.39 is 0 Å². The molecule has 1 aromatic carbocycles. The molecule has 6 nitrogen and oxygen atoms in total. The molecule has 1 aliphatic rings. The SMILES string of the molecule is CN1CCCC(CN(CCc2ccccc2)C(=O)CNC(=O)N(C)C)C1. The van der Waals surface area contributed by atoms with Gasteiger partial charge in [-0.2, -0.15) is 0 Å². The quantitative estimate of drug-likeness (QED) is 0.805. The molecule has 1 aliphatic heterocycles. The van der Waals surface area contributed by atoms with Gasteiger partial charge in [0, 0.05) is 33.7 Å². The van der Waals surface area contributed by atoms with E-state index in [1.165, 1.54) is 16.9 Å². The van der Waals surface area contributed by atoms with E-state index in [-0.39, 0.29) is 18.5 Å². The number of nitrogens with zero attached hydrogens (tertiary/aromatic N) is 3. The molecule has 0 radical (unpaired) electrons. The molecule has 0 aliphatic carbocycles. The Labute approximate surface area is 157 Å². The maximum Gasteiger partial charge on any atom is 0.317 e. The van der Waals surface area contributed by atoms with Crippen LogP contribution in [0.15, 0.2) is 30.3 Å². The van der Waals surface area contributed by atoms with Crippen molar-refractivity contribution in [3.8, 4) is 0 Å². The van der Waals surface area contributed by atoms with E-state index in [1.54, 1.807) is 14.1 Å². The second-order valence-corrected chi connectivity index (χ2v) is 7.40. The third kappa shape index (κ3) is 6.67. The lowest BCUT2D eigenvalue weighted by Crippen LogP contribution is -2.47. The van der Waals surface area contributed by atoms with E-state index in [0.717, 1.165) is 32.5 Å². The first-order chi connectivity index (χ1) is 12.5. The van der Waals surface area contributed by atoms with Gasteiger partial charge in [-0.1, -0.05) is 30.3 Å². The molecule has 0 bridgehead atoms. The van der Waals surface area contributed by atoms with Gasteiger partial charge in [0.25, 0.3) is 0 Å². The van der Waals surface area contributed by atoms with E-state index in [1.807, 2.05) is 23.1 Å². The number of likely N-dealkylation sites (tertiary alicyclic amines) is 1. The summed E-state index contributed by atoms with van der Waals surface area (Å²) in [7, 11) is 5.48. The van der Waals surface area contributed by atoms with Gasteiger partial charge in [-0.3, -0.25) is 4.79 Å². The molecule has 1 fully saturated rings. The summed E-state index contributed by atoms with van der Waals surface area (Å²) in [6.07, 6.45) is 3.17. The van der Waals surface area contributed by atoms with Gasteiger partial charge in [-0.15, -0.1) is 0 Å². The molecular weight excluding hydrogens is 328 g/mol. The van der Waals surface area contributed by atoms with Crippen molar-refractivity contribution in [2.45, 2.75) is 19.3 Å². The van der Waals surface area contributed by atoms with Crippen LogP contribution in [-0.2, 0) is 11.2 Å². The largest absolute Gasteiger partial charge is 0.341 e. The highest BCUT2D eigenvalue weighted by molar-refractivity contribution is 5.83. The third-order valence-electron chi connectivity index (χ3n) is 4.86. The summed E-state index contributed by atoms with van der Waals surface area (Å²) in [6.45, 7) is 3.65. The van der Waals surface area contributed by atoms with Crippen LogP contribution in [0.2, 0.25) is 0 Å². The Morgan fingerprint density at radius 1 is 1.23 bits per heavy atom. The second kappa shape index (κ2) is 10.2. The monoisotopic (exact) mass is 360 g/mol. The maximum absolute atomic E-state index is 12.7. The minimum Gasteiger partial charge on any atom is -0.341 e. The van der Waals surface area contributed by atoms with Gasteiger partial charge in [-0.25, -0.2) is 4.79 Å². The van der Waals surface area contributed by atoms with Crippen molar-refractivity contribution in [2.75, 3.05) is 53.9 Å². The van der Waals surface area contributed by atoms with E-state index in [9.17, 15) is 9.59 Å². The summed E-state index contributed by atoms with van der Waals surface area (Å²) in [4.78, 5) is 30.1. The van der Waals surface area contributed by atoms with E-state index in [4.69, 9.17) is 0 Å². The topological polar surface area (TPSA) is 55.9 Å². The van der Waals surface area contributed by atoms with Crippen LogP contribution in [0.4, 0.5) is 4.79 Å². The summed E-state index contributed by atoms with van der Waals surface area (Å²) in [6, 6.07) is 9.99. The van der Waals surface area contributed by atoms with Crippen molar-refractivity contribution in [3.05, 3.63) is 35.9 Å². The molecule has 1 N–H and O–H groups in total. The van der Waals surface area contributed by atoms with Gasteiger partial charge in [0.15, 0.2) is 0 Å². The first-order valence-electron chi connectivity index (χ1n) is 9.41. The molecule has 1 unspecified atom stereocenters. The molecule has 1 heterocycles. The fourth-order valence-corrected chi connectivity index (χ4v) is 3.38. The molecule has 1 saturated heterocycles. The van der Waals surface area contributed by atoms with Gasteiger partial charge in [-0.05, 0) is 44.3 Å². The second-order valence-electron chi connectivity index (χ2n) is 7.40. The number of piperidine rings is 1. The van der Waals surface area contributed by atoms with Gasteiger partial charge >= 0.3 is 6.03 Å². The Balaban J connectivity index is 1.94. The average Bonchev–Trinajstić information content (AvgIpc) is 2.63. The van der Waals surface area contributed by atoms with Crippen molar-refractivity contribution in [3.63, 3.8) is 0 Å². The van der Waals surface area contributed by atoms with Crippen LogP contribution in [0.1, 0.15) is 18.4 Å². The lowest BCUT2D eigenvalue weighted by atomic mass is 9.97. The predicted octanol–water partition coefficient (Wildman–Crippen LogP) is 1.67. The maximum atomic E-state index is 12.7. The molecule has 1 aromatic rings. The van der Waals surface area contributed by atoms with E-state index in [2.05, 4.69) is 29.4 Å². The molecule has 2 rings (SSSR count). The van der Waals surface area contributed by atoms with Crippen LogP contribution < -0.4 is 5.32 Å². The number of rotatable bonds is 7. The molecule has 26 heavy (non-hydrogen) atoms. The average molecular weight is 361 g/mol. The summed E-state index contributed by atoms with van der Waals surface area (Å²) in [5.41, 5.74) is 1.23. The molecule has 3 amide bonds. The zero-order chi connectivity index (χ0) is 18.9. The number of carbonyl (C=O) groups is 2. The van der Waals surface area contributed by atoms with Crippen LogP contribution in [0.3, 0.4) is 0 Å². The van der Waals surface area contributed by atoms with Crippen molar-refractivity contribution >= 4 is 11.9 Å². The normalized spacial score (nSPS) is 17.6. The first-order valence-corrected chi connectivity index (χ1v) is 9.41. The van der Waals surface area contributed by atoms with Crippen LogP contribution in [-0.4, -0.2) is 80.5 Å². The van der Waals surface area contributed by atoms with Gasteiger partial charge in [0.05, 0.1) is 6.54 Å². The number of hydrogen-bond acceptors (Lipinski definition) is 3. The highest BCUT2D eigenvalue weighted by atomic mass is 16.2. The Hall–Kier alpha value is -2.08. The third-order valence-corrected chi connectivity index (χ3v) is 4.86. The lowest BCUT2D eigenvalue weighted by Gasteiger charge is -2.34. The molecule has 0 spiro atoms. The van der Waals surface area contributed by atoms with Gasteiger partial charge in [0.2, 0.25) is 5.91 Å². The summed E-state index contributed by atoms with van der Waals surface area (Å²) < 4.78 is 0. The van der Waals surface area contributed by atoms with E-state index >= 15 is 0 Å². The Kier molecular flexibility index (Phi) is 7.91. The molecule has 0 aromatic heterocycles. The first kappa shape index (κ1) is 20.2. The van der Waals surface area contributed by atoms with Crippen LogP contribution >= 0.6 is 0 Å². The van der Waals surface area contributed by atoms with Gasteiger partial charge < -0.3 is 20.0 Å². The number of benzene rings is 1. The smallest absolute Gasteiger partial charge is 0.317 e. The molecule has 6 heteroatoms. The van der Waals surface area contributed by atoms with Crippen molar-refractivity contribution in [1.82, 2.24) is 20.0 Å². The summed E-state index contributed by atoms with van der Waals surface area (Å²) in [5, 5.41) is 2.69. The number of urea groups is 1. The molecular formula is C20H32N4O2. The number of amides is 3. The molecule has 144 valence electrons. The van der Waals surface area contributed by atoms with Crippen LogP contribution in [0, 0.1) is 5.92 Å². The zero-order valence-electron chi connectivity index (χ0n) is 16.3. The highest BCUT2D eigenvalue weighted by Gasteiger charge is 2.23. The Morgan fingerprint density at radius 2 is 1.96 bits per heavy atom. The Bertz CT molecular complexity index is 576. The minimum absolute atomic E-state index is 0.00985. The van der Waals surface area contributed by atoms with Crippen LogP contribution in [0.5, 0.6) is 0 Å². The van der Waals surface area contributed by atoms with Gasteiger partial charge in [0.1, 0.15) is 0 Å². The molecule has 1 atom stereocenters. The highest BCUT2D eigenvalue weighted by Crippen LogP contribution is 2.17. The van der Waals surface area contributed by atoms with Crippen molar-refractivity contribution < 1.29 is 9.59 Å². The number of hydrogen-bond donors (Lipinski definition) is 1. The summed E-state index contributed by atoms with van der Waals surface area (Å²) >= 11 is 0. The van der Waals surface area contributed by atoms with Crippen molar-refractivity contribution in [2.24, 2.45) is 5.92 Å². The molecule has 0 saturated carbocycles. The number of nitrogens with one attached hydrogen (secondary N) is 1. The standard InChI is InChI=1S/C20H32N4O2/c1-22(2)20(26)21-14-19(25)24(13-11-17-8-5-4-6-9-17)16-18-10-7-12-23(3)15-18/h4-6,8-9,18H,7,10-16H2,1-3H3,(H,21,26). The predicted molar refractivity (Wildman–Crippen MR) is 104 cm³/mol. The minimum atomic E-state index is -0.237. The number of carbonyl (C=O) groups excluding carboxylic acids is 2. The summed E-state index contributed by atoms with van der Waals surface area (Å²) in [5.74, 6) is 0.488. The Morgan fingerprint density at radius 3 is 2.62 bits per heavy atom. The van der Waals surface area contributed by atoms with E-state index in [0.29, 0.717) is 12.5 Å². The zero-order valence-corrected chi connectivity index (χ0v) is 16.3. The fourth-order valence-electron chi connectivity index (χ4n) is 3.38. The van der Waals surface area contributed by atoms with Crippen molar-refractivity contribution in [1.29, 1.82) is 0 Å². The van der Waals surface area contributed by atoms with Crippen LogP contribution in [0.25, 0.3) is 0 Å². The lowest BCUT2D eigenvalue weighted by molar-refractivity contribution is -0.131.